The van der Waals surface area contributed by atoms with E-state index in [4.69, 9.17) is 11.6 Å². The van der Waals surface area contributed by atoms with Gasteiger partial charge in [0, 0.05) is 11.2 Å². The van der Waals surface area contributed by atoms with Crippen molar-refractivity contribution in [3.8, 4) is 0 Å². The number of nitrogens with zero attached hydrogens (tertiary/aromatic N) is 1. The van der Waals surface area contributed by atoms with Gasteiger partial charge in [-0.3, -0.25) is 9.78 Å². The third kappa shape index (κ3) is 3.00. The van der Waals surface area contributed by atoms with Crippen molar-refractivity contribution < 1.29 is 4.79 Å². The largest absolute Gasteiger partial charge is 0.350 e. The van der Waals surface area contributed by atoms with E-state index in [0.717, 1.165) is 36.9 Å². The molecule has 0 radical (unpaired) electrons. The number of carbonyl (C=O) groups is 1. The molecule has 1 aliphatic carbocycles. The summed E-state index contributed by atoms with van der Waals surface area (Å²) >= 11 is 5.98. The zero-order valence-corrected chi connectivity index (χ0v) is 13.1. The number of carbonyl (C=O) groups excluding carboxylic acids is 1. The zero-order valence-electron chi connectivity index (χ0n) is 12.4. The average Bonchev–Trinajstić information content (AvgIpc) is 3.05. The molecule has 1 fully saturated rings. The van der Waals surface area contributed by atoms with Gasteiger partial charge in [-0.2, -0.15) is 0 Å². The molecule has 22 heavy (non-hydrogen) atoms. The molecule has 0 spiro atoms. The van der Waals surface area contributed by atoms with Gasteiger partial charge in [0.15, 0.2) is 0 Å². The van der Waals surface area contributed by atoms with Crippen molar-refractivity contribution in [2.24, 2.45) is 0 Å². The van der Waals surface area contributed by atoms with E-state index in [1.165, 1.54) is 0 Å². The summed E-state index contributed by atoms with van der Waals surface area (Å²) in [7, 11) is 0. The first kappa shape index (κ1) is 15.0. The lowest BCUT2D eigenvalue weighted by molar-refractivity contribution is -0.126. The fourth-order valence-electron chi connectivity index (χ4n) is 3.24. The predicted octanol–water partition coefficient (Wildman–Crippen LogP) is 3.86. The van der Waals surface area contributed by atoms with Crippen LogP contribution >= 0.6 is 11.6 Å². The number of hydrogen-bond donors (Lipinski definition) is 1. The second kappa shape index (κ2) is 6.49. The van der Waals surface area contributed by atoms with Crippen LogP contribution < -0.4 is 5.32 Å². The number of benzene rings is 1. The number of nitrogens with one attached hydrogen (secondary N) is 1. The molecule has 1 heterocycles. The second-order valence-electron chi connectivity index (χ2n) is 5.80. The molecule has 1 aromatic heterocycles. The summed E-state index contributed by atoms with van der Waals surface area (Å²) < 4.78 is 0. The first-order valence-corrected chi connectivity index (χ1v) is 8.03. The number of amides is 1. The van der Waals surface area contributed by atoms with E-state index in [2.05, 4.69) is 10.3 Å². The van der Waals surface area contributed by atoms with Gasteiger partial charge >= 0.3 is 0 Å². The zero-order chi connectivity index (χ0) is 15.4. The van der Waals surface area contributed by atoms with Crippen LogP contribution in [0.25, 0.3) is 0 Å². The van der Waals surface area contributed by atoms with Crippen molar-refractivity contribution >= 4 is 17.5 Å². The molecule has 0 unspecified atom stereocenters. The van der Waals surface area contributed by atoms with Crippen LogP contribution in [-0.2, 0) is 16.8 Å². The molecule has 1 aliphatic rings. The predicted molar refractivity (Wildman–Crippen MR) is 87.7 cm³/mol. The first-order valence-electron chi connectivity index (χ1n) is 7.65. The van der Waals surface area contributed by atoms with Gasteiger partial charge in [0.2, 0.25) is 5.91 Å². The van der Waals surface area contributed by atoms with Gasteiger partial charge < -0.3 is 5.32 Å². The fraction of sp³-hybridized carbons (Fsp3) is 0.333. The summed E-state index contributed by atoms with van der Waals surface area (Å²) in [4.78, 5) is 17.1. The Morgan fingerprint density at radius 3 is 2.50 bits per heavy atom. The molecular formula is C18H19ClN2O. The van der Waals surface area contributed by atoms with Gasteiger partial charge in [-0.15, -0.1) is 0 Å². The minimum absolute atomic E-state index is 0.0953. The van der Waals surface area contributed by atoms with Crippen LogP contribution in [0, 0.1) is 0 Å². The maximum atomic E-state index is 12.9. The molecule has 0 saturated heterocycles. The highest BCUT2D eigenvalue weighted by Crippen LogP contribution is 2.41. The van der Waals surface area contributed by atoms with Gasteiger partial charge in [-0.25, -0.2) is 0 Å². The lowest BCUT2D eigenvalue weighted by Gasteiger charge is -2.28. The molecule has 3 nitrogen and oxygen atoms in total. The Bertz CT molecular complexity index is 634. The Hall–Kier alpha value is -1.87. The van der Waals surface area contributed by atoms with Crippen LogP contribution in [0.5, 0.6) is 0 Å². The van der Waals surface area contributed by atoms with E-state index in [1.807, 2.05) is 42.5 Å². The Labute approximate surface area is 135 Å². The molecule has 3 rings (SSSR count). The van der Waals surface area contributed by atoms with E-state index in [-0.39, 0.29) is 5.91 Å². The minimum atomic E-state index is -0.417. The lowest BCUT2D eigenvalue weighted by Crippen LogP contribution is -2.42. The summed E-state index contributed by atoms with van der Waals surface area (Å²) in [5.74, 6) is 0.0953. The van der Waals surface area contributed by atoms with Crippen LogP contribution in [0.3, 0.4) is 0 Å². The normalized spacial score (nSPS) is 16.4. The Morgan fingerprint density at radius 1 is 1.14 bits per heavy atom. The monoisotopic (exact) mass is 314 g/mol. The Balaban J connectivity index is 1.78. The van der Waals surface area contributed by atoms with Crippen LogP contribution in [0.15, 0.2) is 48.7 Å². The van der Waals surface area contributed by atoms with E-state index in [1.54, 1.807) is 6.20 Å². The third-order valence-electron chi connectivity index (χ3n) is 4.44. The first-order chi connectivity index (χ1) is 10.7. The topological polar surface area (TPSA) is 42.0 Å². The summed E-state index contributed by atoms with van der Waals surface area (Å²) in [5.41, 5.74) is 1.52. The molecule has 4 heteroatoms. The molecule has 0 bridgehead atoms. The number of halogens is 1. The number of hydrogen-bond acceptors (Lipinski definition) is 2. The highest BCUT2D eigenvalue weighted by atomic mass is 35.5. The number of aromatic nitrogens is 1. The molecule has 2 aromatic rings. The van der Waals surface area contributed by atoms with Crippen molar-refractivity contribution in [3.05, 3.63) is 64.9 Å². The summed E-state index contributed by atoms with van der Waals surface area (Å²) in [6, 6.07) is 13.4. The highest BCUT2D eigenvalue weighted by Gasteiger charge is 2.42. The fourth-order valence-corrected chi connectivity index (χ4v) is 3.36. The van der Waals surface area contributed by atoms with E-state index in [9.17, 15) is 4.79 Å². The van der Waals surface area contributed by atoms with Gasteiger partial charge in [-0.1, -0.05) is 42.6 Å². The van der Waals surface area contributed by atoms with Crippen molar-refractivity contribution in [2.75, 3.05) is 0 Å². The van der Waals surface area contributed by atoms with Crippen molar-refractivity contribution in [1.82, 2.24) is 10.3 Å². The molecule has 1 saturated carbocycles. The summed E-state index contributed by atoms with van der Waals surface area (Å²) in [5, 5.41) is 3.76. The van der Waals surface area contributed by atoms with Crippen molar-refractivity contribution in [2.45, 2.75) is 37.6 Å². The van der Waals surface area contributed by atoms with Gasteiger partial charge in [0.25, 0.3) is 0 Å². The maximum absolute atomic E-state index is 12.9. The Kier molecular flexibility index (Phi) is 4.44. The minimum Gasteiger partial charge on any atom is -0.350 e. The maximum Gasteiger partial charge on any atom is 0.230 e. The van der Waals surface area contributed by atoms with E-state index < -0.39 is 5.41 Å². The second-order valence-corrected chi connectivity index (χ2v) is 6.24. The molecular weight excluding hydrogens is 296 g/mol. The quantitative estimate of drug-likeness (QED) is 0.931. The standard InChI is InChI=1S/C18H19ClN2O/c19-15-8-6-14(7-9-15)18(10-2-3-11-18)17(22)21-13-16-5-1-4-12-20-16/h1,4-9,12H,2-3,10-11,13H2,(H,21,22). The average molecular weight is 315 g/mol. The van der Waals surface area contributed by atoms with Crippen LogP contribution in [0.2, 0.25) is 5.02 Å². The smallest absolute Gasteiger partial charge is 0.230 e. The van der Waals surface area contributed by atoms with Crippen LogP contribution in [0.4, 0.5) is 0 Å². The Morgan fingerprint density at radius 2 is 1.86 bits per heavy atom. The van der Waals surface area contributed by atoms with Crippen molar-refractivity contribution in [3.63, 3.8) is 0 Å². The molecule has 1 amide bonds. The molecule has 1 aromatic carbocycles. The lowest BCUT2D eigenvalue weighted by atomic mass is 9.78. The van der Waals surface area contributed by atoms with Gasteiger partial charge in [0.05, 0.1) is 17.7 Å². The van der Waals surface area contributed by atoms with Gasteiger partial charge in [0.1, 0.15) is 0 Å². The highest BCUT2D eigenvalue weighted by molar-refractivity contribution is 6.30. The molecule has 114 valence electrons. The summed E-state index contributed by atoms with van der Waals surface area (Å²) in [6.07, 6.45) is 5.69. The number of pyridine rings is 1. The molecule has 1 N–H and O–H groups in total. The van der Waals surface area contributed by atoms with Crippen LogP contribution in [0.1, 0.15) is 36.9 Å². The third-order valence-corrected chi connectivity index (χ3v) is 4.70. The van der Waals surface area contributed by atoms with Gasteiger partial charge in [-0.05, 0) is 42.7 Å². The molecule has 0 aliphatic heterocycles. The van der Waals surface area contributed by atoms with E-state index >= 15 is 0 Å². The van der Waals surface area contributed by atoms with E-state index in [0.29, 0.717) is 11.6 Å². The summed E-state index contributed by atoms with van der Waals surface area (Å²) in [6.45, 7) is 0.467. The van der Waals surface area contributed by atoms with Crippen molar-refractivity contribution in [1.29, 1.82) is 0 Å². The van der Waals surface area contributed by atoms with Crippen LogP contribution in [-0.4, -0.2) is 10.9 Å². The SMILES string of the molecule is O=C(NCc1ccccn1)C1(c2ccc(Cl)cc2)CCCC1. The molecule has 0 atom stereocenters. The number of rotatable bonds is 4.